The van der Waals surface area contributed by atoms with E-state index in [-0.39, 0.29) is 18.0 Å². The first kappa shape index (κ1) is 25.6. The third kappa shape index (κ3) is 5.34. The number of hydrogen-bond donors (Lipinski definition) is 1. The van der Waals surface area contributed by atoms with Crippen molar-refractivity contribution in [2.45, 2.75) is 50.2 Å². The Balaban J connectivity index is 1.69. The molecule has 1 fully saturated rings. The molecule has 1 amide bonds. The number of nitriles is 1. The first-order valence-electron chi connectivity index (χ1n) is 11.7. The van der Waals surface area contributed by atoms with Crippen LogP contribution in [0.5, 0.6) is 0 Å². The third-order valence-electron chi connectivity index (χ3n) is 6.80. The summed E-state index contributed by atoms with van der Waals surface area (Å²) in [7, 11) is 0. The molecule has 1 atom stereocenters. The Labute approximate surface area is 210 Å². The van der Waals surface area contributed by atoms with Crippen LogP contribution in [0.15, 0.2) is 64.5 Å². The zero-order valence-corrected chi connectivity index (χ0v) is 20.2. The van der Waals surface area contributed by atoms with Gasteiger partial charge in [-0.2, -0.15) is 29.8 Å². The van der Waals surface area contributed by atoms with Gasteiger partial charge in [0, 0.05) is 12.1 Å². The van der Waals surface area contributed by atoms with Crippen LogP contribution in [0.3, 0.4) is 0 Å². The van der Waals surface area contributed by atoms with Gasteiger partial charge >= 0.3 is 6.18 Å². The Bertz CT molecular complexity index is 1280. The largest absolute Gasteiger partial charge is 0.417 e. The Kier molecular flexibility index (Phi) is 7.55. The van der Waals surface area contributed by atoms with Crippen LogP contribution in [0.25, 0.3) is 11.1 Å². The van der Waals surface area contributed by atoms with Crippen molar-refractivity contribution >= 4 is 22.9 Å². The van der Waals surface area contributed by atoms with Gasteiger partial charge in [0.1, 0.15) is 0 Å². The number of nitrogens with one attached hydrogen (secondary N) is 1. The molecule has 5 nitrogen and oxygen atoms in total. The number of nitrogens with zero attached hydrogens (tertiary/aromatic N) is 2. The number of nitroso groups, excluding NO2 is 1. The predicted molar refractivity (Wildman–Crippen MR) is 133 cm³/mol. The van der Waals surface area contributed by atoms with Crippen molar-refractivity contribution in [3.8, 4) is 17.2 Å². The lowest BCUT2D eigenvalue weighted by Crippen LogP contribution is -2.50. The number of halogens is 3. The molecule has 4 rings (SSSR count). The van der Waals surface area contributed by atoms with Crippen molar-refractivity contribution in [1.29, 1.82) is 5.26 Å². The molecule has 0 spiro atoms. The molecule has 2 aromatic carbocycles. The third-order valence-corrected chi connectivity index (χ3v) is 7.48. The molecule has 36 heavy (non-hydrogen) atoms. The second-order valence-electron chi connectivity index (χ2n) is 9.06. The number of amides is 1. The summed E-state index contributed by atoms with van der Waals surface area (Å²) in [6.07, 6.45) is -0.788. The average molecular weight is 512 g/mol. The Morgan fingerprint density at radius 1 is 1.08 bits per heavy atom. The predicted octanol–water partition coefficient (Wildman–Crippen LogP) is 7.57. The number of benzene rings is 2. The van der Waals surface area contributed by atoms with Crippen LogP contribution in [0, 0.1) is 22.2 Å². The molecule has 3 aromatic rings. The fraction of sp³-hybridized carbons (Fsp3) is 0.333. The number of rotatable bonds is 7. The maximum atomic E-state index is 13.6. The minimum absolute atomic E-state index is 0.0351. The van der Waals surface area contributed by atoms with Gasteiger partial charge < -0.3 is 5.32 Å². The highest BCUT2D eigenvalue weighted by Gasteiger charge is 2.48. The minimum atomic E-state index is -4.77. The highest BCUT2D eigenvalue weighted by molar-refractivity contribution is 7.08. The number of anilines is 1. The number of carbonyl (C=O) groups is 1. The van der Waals surface area contributed by atoms with Crippen molar-refractivity contribution in [1.82, 2.24) is 0 Å². The van der Waals surface area contributed by atoms with Gasteiger partial charge in [0.05, 0.1) is 17.2 Å². The molecule has 9 heteroatoms. The first-order valence-corrected chi connectivity index (χ1v) is 12.6. The zero-order chi connectivity index (χ0) is 25.8. The van der Waals surface area contributed by atoms with Crippen molar-refractivity contribution < 1.29 is 18.0 Å². The van der Waals surface area contributed by atoms with Crippen LogP contribution in [0.2, 0.25) is 0 Å². The zero-order valence-electron chi connectivity index (χ0n) is 19.3. The van der Waals surface area contributed by atoms with Gasteiger partial charge in [0.15, 0.2) is 5.54 Å². The van der Waals surface area contributed by atoms with E-state index < -0.39 is 28.7 Å². The molecular weight excluding hydrogens is 487 g/mol. The Hall–Kier alpha value is -3.51. The van der Waals surface area contributed by atoms with Crippen LogP contribution in [-0.4, -0.2) is 11.4 Å². The van der Waals surface area contributed by atoms with E-state index in [1.54, 1.807) is 11.3 Å². The summed E-state index contributed by atoms with van der Waals surface area (Å²) in [6.45, 7) is 0. The summed E-state index contributed by atoms with van der Waals surface area (Å²) in [5, 5.41) is 18.9. The highest BCUT2D eigenvalue weighted by Crippen LogP contribution is 2.40. The molecule has 1 saturated carbocycles. The van der Waals surface area contributed by atoms with Gasteiger partial charge in [-0.05, 0) is 70.5 Å². The number of hydrogen-bond acceptors (Lipinski definition) is 5. The monoisotopic (exact) mass is 511 g/mol. The maximum Gasteiger partial charge on any atom is 0.417 e. The van der Waals surface area contributed by atoms with Crippen LogP contribution < -0.4 is 5.32 Å². The Morgan fingerprint density at radius 2 is 1.86 bits per heavy atom. The lowest BCUT2D eigenvalue weighted by molar-refractivity contribution is -0.137. The van der Waals surface area contributed by atoms with Crippen molar-refractivity contribution in [2.75, 3.05) is 5.32 Å². The molecule has 0 radical (unpaired) electrons. The molecule has 0 aliphatic heterocycles. The average Bonchev–Trinajstić information content (AvgIpc) is 3.43. The first-order chi connectivity index (χ1) is 17.3. The van der Waals surface area contributed by atoms with Crippen molar-refractivity contribution in [2.24, 2.45) is 11.1 Å². The second kappa shape index (κ2) is 10.6. The fourth-order valence-electron chi connectivity index (χ4n) is 4.93. The second-order valence-corrected chi connectivity index (χ2v) is 9.84. The SMILES string of the molecule is N#Cc1ccc(NC(=O)[C@](Cc2cccc(-c3ccsc3)c2)(N=O)C2CCCCC2)cc1C(F)(F)F. The fourth-order valence-corrected chi connectivity index (χ4v) is 5.60. The number of alkyl halides is 3. The lowest BCUT2D eigenvalue weighted by Gasteiger charge is -2.36. The van der Waals surface area contributed by atoms with Crippen LogP contribution >= 0.6 is 11.3 Å². The lowest BCUT2D eigenvalue weighted by atomic mass is 9.71. The summed E-state index contributed by atoms with van der Waals surface area (Å²) < 4.78 is 40.4. The summed E-state index contributed by atoms with van der Waals surface area (Å²) in [4.78, 5) is 26.1. The Morgan fingerprint density at radius 3 is 2.50 bits per heavy atom. The normalized spacial score (nSPS) is 16.1. The number of carbonyl (C=O) groups excluding carboxylic acids is 1. The van der Waals surface area contributed by atoms with Gasteiger partial charge in [0.2, 0.25) is 0 Å². The van der Waals surface area contributed by atoms with Gasteiger partial charge in [-0.25, -0.2) is 0 Å². The molecule has 0 bridgehead atoms. The number of thiophene rings is 1. The molecule has 0 unspecified atom stereocenters. The molecule has 1 aromatic heterocycles. The highest BCUT2D eigenvalue weighted by atomic mass is 32.1. The molecule has 0 saturated heterocycles. The summed E-state index contributed by atoms with van der Waals surface area (Å²) in [5.74, 6) is -1.07. The summed E-state index contributed by atoms with van der Waals surface area (Å²) in [5.41, 5.74) is -0.797. The molecule has 1 N–H and O–H groups in total. The van der Waals surface area contributed by atoms with E-state index in [9.17, 15) is 22.9 Å². The van der Waals surface area contributed by atoms with Crippen molar-refractivity contribution in [3.63, 3.8) is 0 Å². The standard InChI is InChI=1S/C27H24F3N3O2S/c28-27(29,30)24-14-23(10-9-20(24)16-31)32-25(34)26(33-35,22-7-2-1-3-8-22)15-18-5-4-6-19(13-18)21-11-12-36-17-21/h4-6,9-14,17,22H,1-3,7-8,15H2,(H,32,34)/t26-/m1/s1. The van der Waals surface area contributed by atoms with Gasteiger partial charge in [0.25, 0.3) is 5.91 Å². The molecular formula is C27H24F3N3O2S. The summed E-state index contributed by atoms with van der Waals surface area (Å²) >= 11 is 1.56. The van der Waals surface area contributed by atoms with Crippen LogP contribution in [-0.2, 0) is 17.4 Å². The van der Waals surface area contributed by atoms with E-state index in [1.807, 2.05) is 41.1 Å². The van der Waals surface area contributed by atoms with Crippen LogP contribution in [0.1, 0.15) is 48.8 Å². The van der Waals surface area contributed by atoms with E-state index in [1.165, 1.54) is 12.1 Å². The van der Waals surface area contributed by atoms with Crippen molar-refractivity contribution in [3.05, 3.63) is 80.9 Å². The molecule has 1 heterocycles. The minimum Gasteiger partial charge on any atom is -0.324 e. The van der Waals surface area contributed by atoms with Gasteiger partial charge in [-0.1, -0.05) is 48.7 Å². The molecule has 186 valence electrons. The summed E-state index contributed by atoms with van der Waals surface area (Å²) in [6, 6.07) is 14.0. The topological polar surface area (TPSA) is 82.3 Å². The van der Waals surface area contributed by atoms with E-state index >= 15 is 0 Å². The van der Waals surface area contributed by atoms with Gasteiger partial charge in [-0.3, -0.25) is 4.79 Å². The quantitative estimate of drug-likeness (QED) is 0.332. The smallest absolute Gasteiger partial charge is 0.324 e. The van der Waals surface area contributed by atoms with E-state index in [0.29, 0.717) is 12.8 Å². The van der Waals surface area contributed by atoms with Gasteiger partial charge in [-0.15, -0.1) is 4.91 Å². The maximum absolute atomic E-state index is 13.6. The molecule has 1 aliphatic carbocycles. The molecule has 1 aliphatic rings. The van der Waals surface area contributed by atoms with E-state index in [4.69, 9.17) is 5.26 Å². The van der Waals surface area contributed by atoms with E-state index in [0.717, 1.165) is 48.1 Å². The van der Waals surface area contributed by atoms with E-state index in [2.05, 4.69) is 10.5 Å². The van der Waals surface area contributed by atoms with Crippen LogP contribution in [0.4, 0.5) is 18.9 Å².